The van der Waals surface area contributed by atoms with Gasteiger partial charge in [-0.25, -0.2) is 4.98 Å². The number of nitrogens with zero attached hydrogens (tertiary/aromatic N) is 3. The summed E-state index contributed by atoms with van der Waals surface area (Å²) in [7, 11) is 1.67. The Morgan fingerprint density at radius 1 is 1.33 bits per heavy atom. The van der Waals surface area contributed by atoms with E-state index in [2.05, 4.69) is 41.4 Å². The zero-order chi connectivity index (χ0) is 17.3. The number of nitrogens with one attached hydrogen (secondary N) is 2. The zero-order valence-electron chi connectivity index (χ0n) is 15.0. The summed E-state index contributed by atoms with van der Waals surface area (Å²) < 4.78 is 26.4. The molecule has 0 radical (unpaired) electrons. The van der Waals surface area contributed by atoms with Gasteiger partial charge in [0.05, 0.1) is 6.54 Å². The Balaban J connectivity index is 0.00000529. The fraction of sp³-hybridized carbons (Fsp3) is 0.750. The van der Waals surface area contributed by atoms with Gasteiger partial charge in [0.1, 0.15) is 5.82 Å². The number of guanidine groups is 1. The van der Waals surface area contributed by atoms with Crippen molar-refractivity contribution in [3.8, 4) is 0 Å². The smallest absolute Gasteiger partial charge is 0.319 e. The zero-order valence-corrected chi connectivity index (χ0v) is 17.3. The van der Waals surface area contributed by atoms with Gasteiger partial charge in [-0.1, -0.05) is 40.0 Å². The summed E-state index contributed by atoms with van der Waals surface area (Å²) in [6.07, 6.45) is 7.45. The summed E-state index contributed by atoms with van der Waals surface area (Å²) in [5.74, 6) is 0.877. The first kappa shape index (κ1) is 23.1. The monoisotopic (exact) mass is 457 g/mol. The molecule has 1 heterocycles. The van der Waals surface area contributed by atoms with Crippen LogP contribution in [0.2, 0.25) is 0 Å². The van der Waals surface area contributed by atoms with E-state index < -0.39 is 6.55 Å². The van der Waals surface area contributed by atoms with Gasteiger partial charge in [0.25, 0.3) is 0 Å². The van der Waals surface area contributed by atoms with Crippen LogP contribution in [0, 0.1) is 5.41 Å². The number of imidazole rings is 1. The van der Waals surface area contributed by atoms with Gasteiger partial charge in [-0.2, -0.15) is 8.78 Å². The molecule has 0 unspecified atom stereocenters. The van der Waals surface area contributed by atoms with E-state index in [4.69, 9.17) is 0 Å². The Labute approximate surface area is 160 Å². The highest BCUT2D eigenvalue weighted by molar-refractivity contribution is 14.0. The number of aromatic nitrogens is 2. The Morgan fingerprint density at radius 2 is 2.04 bits per heavy atom. The number of hydrogen-bond acceptors (Lipinski definition) is 2. The summed E-state index contributed by atoms with van der Waals surface area (Å²) in [6.45, 7) is 5.02. The number of aliphatic imine (C=N–C) groups is 1. The molecular weight excluding hydrogens is 427 g/mol. The molecule has 1 rings (SSSR count). The molecule has 140 valence electrons. The predicted octanol–water partition coefficient (Wildman–Crippen LogP) is 4.17. The number of alkyl halides is 2. The molecule has 0 fully saturated rings. The molecule has 0 aliphatic carbocycles. The van der Waals surface area contributed by atoms with Crippen molar-refractivity contribution < 1.29 is 8.78 Å². The third-order valence-corrected chi connectivity index (χ3v) is 3.79. The van der Waals surface area contributed by atoms with E-state index >= 15 is 0 Å². The van der Waals surface area contributed by atoms with E-state index in [0.717, 1.165) is 17.5 Å². The van der Waals surface area contributed by atoms with Gasteiger partial charge in [-0.3, -0.25) is 9.56 Å². The Bertz CT molecular complexity index is 489. The second-order valence-corrected chi connectivity index (χ2v) is 6.43. The van der Waals surface area contributed by atoms with Gasteiger partial charge in [0.15, 0.2) is 5.96 Å². The van der Waals surface area contributed by atoms with Crippen LogP contribution >= 0.6 is 24.0 Å². The lowest BCUT2D eigenvalue weighted by Gasteiger charge is -2.26. The summed E-state index contributed by atoms with van der Waals surface area (Å²) in [4.78, 5) is 8.07. The number of unbranched alkanes of at least 4 members (excludes halogenated alkanes) is 2. The van der Waals surface area contributed by atoms with E-state index in [9.17, 15) is 8.78 Å². The minimum atomic E-state index is -2.58. The molecule has 24 heavy (non-hydrogen) atoms. The molecule has 8 heteroatoms. The van der Waals surface area contributed by atoms with Gasteiger partial charge >= 0.3 is 6.55 Å². The first-order valence-corrected chi connectivity index (χ1v) is 8.14. The molecule has 1 aromatic heterocycles. The normalized spacial score (nSPS) is 12.2. The van der Waals surface area contributed by atoms with Crippen LogP contribution in [0.25, 0.3) is 0 Å². The minimum absolute atomic E-state index is 0. The molecule has 1 aromatic rings. The molecule has 0 spiro atoms. The van der Waals surface area contributed by atoms with E-state index in [1.54, 1.807) is 7.05 Å². The highest BCUT2D eigenvalue weighted by Crippen LogP contribution is 2.22. The average Bonchev–Trinajstić information content (AvgIpc) is 2.96. The summed E-state index contributed by atoms with van der Waals surface area (Å²) in [5, 5.41) is 6.29. The molecule has 0 bridgehead atoms. The summed E-state index contributed by atoms with van der Waals surface area (Å²) in [5.41, 5.74) is 0.161. The average molecular weight is 457 g/mol. The molecule has 0 saturated heterocycles. The largest absolute Gasteiger partial charge is 0.356 e. The second-order valence-electron chi connectivity index (χ2n) is 6.43. The maximum atomic E-state index is 12.8. The highest BCUT2D eigenvalue weighted by Gasteiger charge is 2.18. The topological polar surface area (TPSA) is 54.2 Å². The van der Waals surface area contributed by atoms with Crippen molar-refractivity contribution in [3.05, 3.63) is 18.2 Å². The third kappa shape index (κ3) is 8.25. The molecule has 0 saturated carbocycles. The first-order chi connectivity index (χ1) is 10.9. The van der Waals surface area contributed by atoms with Crippen molar-refractivity contribution in [1.82, 2.24) is 20.2 Å². The Kier molecular flexibility index (Phi) is 11.1. The van der Waals surface area contributed by atoms with Gasteiger partial charge in [0, 0.05) is 26.0 Å². The van der Waals surface area contributed by atoms with Crippen LogP contribution in [0.3, 0.4) is 0 Å². The molecule has 0 aliphatic heterocycles. The maximum absolute atomic E-state index is 12.8. The molecular formula is C16H30F2IN5. The lowest BCUT2D eigenvalue weighted by molar-refractivity contribution is 0.0668. The van der Waals surface area contributed by atoms with E-state index in [1.165, 1.54) is 31.7 Å². The standard InChI is InChI=1S/C16H29F2N5.HI/c1-5-6-7-8-16(2,3)12-22-15(19-4)21-11-13-20-9-10-23(13)14(17)18;/h9-10,14H,5-8,11-12H2,1-4H3,(H2,19,21,22);1H. The molecule has 5 nitrogen and oxygen atoms in total. The van der Waals surface area contributed by atoms with Crippen LogP contribution in [-0.2, 0) is 6.54 Å². The van der Waals surface area contributed by atoms with Crippen LogP contribution in [0.1, 0.15) is 58.8 Å². The third-order valence-electron chi connectivity index (χ3n) is 3.79. The molecule has 0 atom stereocenters. The molecule has 0 amide bonds. The van der Waals surface area contributed by atoms with Crippen molar-refractivity contribution in [2.45, 2.75) is 59.5 Å². The van der Waals surface area contributed by atoms with Gasteiger partial charge < -0.3 is 10.6 Å². The number of hydrogen-bond donors (Lipinski definition) is 2. The van der Waals surface area contributed by atoms with Gasteiger partial charge in [0.2, 0.25) is 0 Å². The fourth-order valence-electron chi connectivity index (χ4n) is 2.31. The second kappa shape index (κ2) is 11.6. The fourth-order valence-corrected chi connectivity index (χ4v) is 2.31. The van der Waals surface area contributed by atoms with Crippen LogP contribution in [0.4, 0.5) is 8.78 Å². The first-order valence-electron chi connectivity index (χ1n) is 8.14. The van der Waals surface area contributed by atoms with Crippen molar-refractivity contribution in [2.75, 3.05) is 13.6 Å². The highest BCUT2D eigenvalue weighted by atomic mass is 127. The molecule has 0 aliphatic rings. The van der Waals surface area contributed by atoms with Crippen LogP contribution in [-0.4, -0.2) is 29.1 Å². The molecule has 0 aromatic carbocycles. The number of halogens is 3. The van der Waals surface area contributed by atoms with Crippen LogP contribution in [0.15, 0.2) is 17.4 Å². The minimum Gasteiger partial charge on any atom is -0.356 e. The van der Waals surface area contributed by atoms with E-state index in [0.29, 0.717) is 5.96 Å². The lowest BCUT2D eigenvalue weighted by Crippen LogP contribution is -2.42. The van der Waals surface area contributed by atoms with E-state index in [1.807, 2.05) is 0 Å². The van der Waals surface area contributed by atoms with E-state index in [-0.39, 0.29) is 41.8 Å². The predicted molar refractivity (Wildman–Crippen MR) is 105 cm³/mol. The van der Waals surface area contributed by atoms with Crippen LogP contribution < -0.4 is 10.6 Å². The Hall–Kier alpha value is -0.930. The van der Waals surface area contributed by atoms with Crippen molar-refractivity contribution >= 4 is 29.9 Å². The van der Waals surface area contributed by atoms with Crippen molar-refractivity contribution in [2.24, 2.45) is 10.4 Å². The number of rotatable bonds is 9. The SMILES string of the molecule is CCCCCC(C)(C)CNC(=NC)NCc1nccn1C(F)F.I. The van der Waals surface area contributed by atoms with Crippen molar-refractivity contribution in [3.63, 3.8) is 0 Å². The molecule has 2 N–H and O–H groups in total. The maximum Gasteiger partial charge on any atom is 0.319 e. The van der Waals surface area contributed by atoms with Crippen molar-refractivity contribution in [1.29, 1.82) is 0 Å². The van der Waals surface area contributed by atoms with Gasteiger partial charge in [-0.05, 0) is 11.8 Å². The lowest BCUT2D eigenvalue weighted by atomic mass is 9.87. The summed E-state index contributed by atoms with van der Waals surface area (Å²) in [6, 6.07) is 0. The van der Waals surface area contributed by atoms with Gasteiger partial charge in [-0.15, -0.1) is 24.0 Å². The summed E-state index contributed by atoms with van der Waals surface area (Å²) >= 11 is 0. The quantitative estimate of drug-likeness (QED) is 0.253. The van der Waals surface area contributed by atoms with Crippen LogP contribution in [0.5, 0.6) is 0 Å². The Morgan fingerprint density at radius 3 is 2.62 bits per heavy atom.